The Bertz CT molecular complexity index is 888. The number of anilines is 1. The van der Waals surface area contributed by atoms with Gasteiger partial charge in [-0.2, -0.15) is 0 Å². The van der Waals surface area contributed by atoms with Gasteiger partial charge in [-0.3, -0.25) is 4.79 Å². The van der Waals surface area contributed by atoms with E-state index in [-0.39, 0.29) is 10.8 Å². The molecule has 130 valence electrons. The van der Waals surface area contributed by atoms with Gasteiger partial charge >= 0.3 is 0 Å². The van der Waals surface area contributed by atoms with Crippen molar-refractivity contribution in [2.75, 3.05) is 11.4 Å². The number of carbonyl (C=O) groups excluding carboxylic acids is 1. The van der Waals surface area contributed by atoms with E-state index < -0.39 is 15.6 Å². The lowest BCUT2D eigenvalue weighted by atomic mass is 10.1. The van der Waals surface area contributed by atoms with Crippen molar-refractivity contribution in [2.24, 2.45) is 0 Å². The number of amides is 1. The van der Waals surface area contributed by atoms with Crippen LogP contribution < -0.4 is 9.62 Å². The molecule has 25 heavy (non-hydrogen) atoms. The van der Waals surface area contributed by atoms with Gasteiger partial charge in [-0.25, -0.2) is 13.1 Å². The molecule has 0 spiro atoms. The van der Waals surface area contributed by atoms with E-state index in [1.165, 1.54) is 0 Å². The van der Waals surface area contributed by atoms with Gasteiger partial charge in [0.05, 0.1) is 10.4 Å². The van der Waals surface area contributed by atoms with Gasteiger partial charge < -0.3 is 4.90 Å². The third-order valence-electron chi connectivity index (χ3n) is 4.94. The van der Waals surface area contributed by atoms with Crippen molar-refractivity contribution in [2.45, 2.75) is 36.1 Å². The fourth-order valence-electron chi connectivity index (χ4n) is 3.37. The van der Waals surface area contributed by atoms with Crippen molar-refractivity contribution in [3.05, 3.63) is 60.2 Å². The maximum atomic E-state index is 12.8. The van der Waals surface area contributed by atoms with Gasteiger partial charge in [0, 0.05) is 18.7 Å². The second kappa shape index (κ2) is 5.97. The minimum Gasteiger partial charge on any atom is -0.312 e. The highest BCUT2D eigenvalue weighted by Gasteiger charge is 2.47. The van der Waals surface area contributed by atoms with Gasteiger partial charge in [-0.1, -0.05) is 30.3 Å². The Morgan fingerprint density at radius 2 is 1.64 bits per heavy atom. The third kappa shape index (κ3) is 3.07. The van der Waals surface area contributed by atoms with E-state index in [0.29, 0.717) is 13.0 Å². The summed E-state index contributed by atoms with van der Waals surface area (Å²) in [6.45, 7) is 0.695. The molecule has 1 amide bonds. The van der Waals surface area contributed by atoms with Crippen LogP contribution in [0.4, 0.5) is 5.69 Å². The van der Waals surface area contributed by atoms with E-state index in [1.807, 2.05) is 30.3 Å². The van der Waals surface area contributed by atoms with Crippen LogP contribution >= 0.6 is 0 Å². The molecule has 6 heteroatoms. The lowest BCUT2D eigenvalue weighted by molar-refractivity contribution is -0.117. The molecule has 1 aliphatic carbocycles. The van der Waals surface area contributed by atoms with Crippen molar-refractivity contribution in [1.82, 2.24) is 4.72 Å². The van der Waals surface area contributed by atoms with Gasteiger partial charge in [0.25, 0.3) is 0 Å². The molecule has 2 fully saturated rings. The van der Waals surface area contributed by atoms with Crippen molar-refractivity contribution >= 4 is 21.6 Å². The summed E-state index contributed by atoms with van der Waals surface area (Å²) in [6, 6.07) is 16.2. The first-order chi connectivity index (χ1) is 12.0. The Kier molecular flexibility index (Phi) is 3.89. The normalized spacial score (nSPS) is 19.2. The van der Waals surface area contributed by atoms with Crippen molar-refractivity contribution in [3.63, 3.8) is 0 Å². The summed E-state index contributed by atoms with van der Waals surface area (Å²) in [7, 11) is -3.61. The summed E-state index contributed by atoms with van der Waals surface area (Å²) in [5.74, 6) is 0.0924. The average Bonchev–Trinajstić information content (AvgIpc) is 3.27. The number of benzene rings is 2. The molecule has 0 atom stereocenters. The molecule has 4 rings (SSSR count). The molecular formula is C19H20N2O3S. The standard InChI is InChI=1S/C19H20N2O3S/c22-18-7-4-14-21(18)16-8-10-17(11-9-16)25(23,24)20-19(12-13-19)15-5-2-1-3-6-15/h1-3,5-6,8-11,20H,4,7,12-14H2. The number of sulfonamides is 1. The Morgan fingerprint density at radius 1 is 0.960 bits per heavy atom. The molecule has 1 saturated carbocycles. The van der Waals surface area contributed by atoms with Crippen molar-refractivity contribution in [3.8, 4) is 0 Å². The highest BCUT2D eigenvalue weighted by atomic mass is 32.2. The van der Waals surface area contributed by atoms with E-state index in [4.69, 9.17) is 0 Å². The number of nitrogens with one attached hydrogen (secondary N) is 1. The Hall–Kier alpha value is -2.18. The second-order valence-electron chi connectivity index (χ2n) is 6.70. The fourth-order valence-corrected chi connectivity index (χ4v) is 4.82. The van der Waals surface area contributed by atoms with Crippen LogP contribution in [0.1, 0.15) is 31.2 Å². The summed E-state index contributed by atoms with van der Waals surface area (Å²) < 4.78 is 28.4. The predicted octanol–water partition coefficient (Wildman–Crippen LogP) is 2.78. The van der Waals surface area contributed by atoms with Crippen LogP contribution in [-0.4, -0.2) is 20.9 Å². The maximum Gasteiger partial charge on any atom is 0.241 e. The predicted molar refractivity (Wildman–Crippen MR) is 95.7 cm³/mol. The van der Waals surface area contributed by atoms with E-state index in [1.54, 1.807) is 29.2 Å². The zero-order chi connectivity index (χ0) is 17.5. The van der Waals surface area contributed by atoms with E-state index >= 15 is 0 Å². The summed E-state index contributed by atoms with van der Waals surface area (Å²) >= 11 is 0. The quantitative estimate of drug-likeness (QED) is 0.896. The summed E-state index contributed by atoms with van der Waals surface area (Å²) in [4.78, 5) is 13.7. The molecule has 0 bridgehead atoms. The first-order valence-corrected chi connectivity index (χ1v) is 9.99. The topological polar surface area (TPSA) is 66.5 Å². The number of nitrogens with zero attached hydrogens (tertiary/aromatic N) is 1. The number of hydrogen-bond acceptors (Lipinski definition) is 3. The van der Waals surface area contributed by atoms with Crippen LogP contribution in [-0.2, 0) is 20.4 Å². The molecule has 1 aliphatic heterocycles. The van der Waals surface area contributed by atoms with E-state index in [2.05, 4.69) is 4.72 Å². The zero-order valence-electron chi connectivity index (χ0n) is 13.8. The molecule has 1 heterocycles. The zero-order valence-corrected chi connectivity index (χ0v) is 14.6. The average molecular weight is 356 g/mol. The fraction of sp³-hybridized carbons (Fsp3) is 0.316. The number of rotatable bonds is 5. The summed E-state index contributed by atoms with van der Waals surface area (Å²) in [5.41, 5.74) is 1.27. The van der Waals surface area contributed by atoms with E-state index in [9.17, 15) is 13.2 Å². The molecule has 5 nitrogen and oxygen atoms in total. The highest BCUT2D eigenvalue weighted by Crippen LogP contribution is 2.46. The van der Waals surface area contributed by atoms with Crippen LogP contribution in [0.25, 0.3) is 0 Å². The smallest absolute Gasteiger partial charge is 0.241 e. The Morgan fingerprint density at radius 3 is 2.20 bits per heavy atom. The molecule has 2 aromatic rings. The lowest BCUT2D eigenvalue weighted by Gasteiger charge is -2.19. The maximum absolute atomic E-state index is 12.8. The molecular weight excluding hydrogens is 336 g/mol. The molecule has 2 aromatic carbocycles. The lowest BCUT2D eigenvalue weighted by Crippen LogP contribution is -2.34. The van der Waals surface area contributed by atoms with Crippen molar-refractivity contribution < 1.29 is 13.2 Å². The summed E-state index contributed by atoms with van der Waals surface area (Å²) in [5, 5.41) is 0. The van der Waals surface area contributed by atoms with Gasteiger partial charge in [0.1, 0.15) is 0 Å². The second-order valence-corrected chi connectivity index (χ2v) is 8.38. The highest BCUT2D eigenvalue weighted by molar-refractivity contribution is 7.89. The minimum absolute atomic E-state index is 0.0924. The molecule has 0 unspecified atom stereocenters. The number of carbonyl (C=O) groups is 1. The molecule has 2 aliphatic rings. The van der Waals surface area contributed by atoms with Crippen LogP contribution in [0.3, 0.4) is 0 Å². The van der Waals surface area contributed by atoms with E-state index in [0.717, 1.165) is 30.5 Å². The first-order valence-electron chi connectivity index (χ1n) is 8.50. The van der Waals surface area contributed by atoms with Gasteiger partial charge in [-0.15, -0.1) is 0 Å². The van der Waals surface area contributed by atoms with Crippen LogP contribution in [0.2, 0.25) is 0 Å². The largest absolute Gasteiger partial charge is 0.312 e. The minimum atomic E-state index is -3.61. The number of hydrogen-bond donors (Lipinski definition) is 1. The van der Waals surface area contributed by atoms with Gasteiger partial charge in [-0.05, 0) is 49.1 Å². The monoisotopic (exact) mass is 356 g/mol. The van der Waals surface area contributed by atoms with Crippen LogP contribution in [0, 0.1) is 0 Å². The summed E-state index contributed by atoms with van der Waals surface area (Å²) in [6.07, 6.45) is 3.01. The molecule has 1 saturated heterocycles. The molecule has 0 aromatic heterocycles. The molecule has 0 radical (unpaired) electrons. The third-order valence-corrected chi connectivity index (χ3v) is 6.49. The SMILES string of the molecule is O=C1CCCN1c1ccc(S(=O)(=O)NC2(c3ccccc3)CC2)cc1. The van der Waals surface area contributed by atoms with Crippen molar-refractivity contribution in [1.29, 1.82) is 0 Å². The Labute approximate surface area is 147 Å². The first kappa shape index (κ1) is 16.3. The Balaban J connectivity index is 1.56. The van der Waals surface area contributed by atoms with Gasteiger partial charge in [0.15, 0.2) is 0 Å². The van der Waals surface area contributed by atoms with Crippen LogP contribution in [0.15, 0.2) is 59.5 Å². The molecule has 1 N–H and O–H groups in total. The van der Waals surface area contributed by atoms with Crippen LogP contribution in [0.5, 0.6) is 0 Å². The van der Waals surface area contributed by atoms with Gasteiger partial charge in [0.2, 0.25) is 15.9 Å².